The zero-order chi connectivity index (χ0) is 18.8. The second-order valence-corrected chi connectivity index (χ2v) is 8.48. The van der Waals surface area contributed by atoms with Crippen LogP contribution in [0.5, 0.6) is 0 Å². The predicted molar refractivity (Wildman–Crippen MR) is 111 cm³/mol. The van der Waals surface area contributed by atoms with Crippen molar-refractivity contribution in [3.63, 3.8) is 0 Å². The molecular weight excluding hydrogens is 356 g/mol. The van der Waals surface area contributed by atoms with Gasteiger partial charge in [0.1, 0.15) is 4.88 Å². The van der Waals surface area contributed by atoms with Crippen LogP contribution in [-0.2, 0) is 0 Å². The van der Waals surface area contributed by atoms with Crippen LogP contribution in [0.15, 0.2) is 29.8 Å². The van der Waals surface area contributed by atoms with Crippen molar-refractivity contribution in [3.8, 4) is 0 Å². The number of para-hydroxylation sites is 1. The third-order valence-electron chi connectivity index (χ3n) is 5.91. The van der Waals surface area contributed by atoms with Gasteiger partial charge in [-0.2, -0.15) is 0 Å². The van der Waals surface area contributed by atoms with Gasteiger partial charge in [0.2, 0.25) is 0 Å². The highest BCUT2D eigenvalue weighted by atomic mass is 32.1. The minimum absolute atomic E-state index is 0.165. The van der Waals surface area contributed by atoms with Gasteiger partial charge in [0.05, 0.1) is 11.2 Å². The smallest absolute Gasteiger partial charge is 0.265 e. The number of carbonyl (C=O) groups is 1. The number of carbonyl (C=O) groups excluding carboxylic acids is 1. The SMILES string of the molecule is Cc1ccccc1N1CCN(C2CCCN(C(=O)c3scnc3C)C2)CC1. The summed E-state index contributed by atoms with van der Waals surface area (Å²) in [6, 6.07) is 9.13. The first-order chi connectivity index (χ1) is 13.1. The van der Waals surface area contributed by atoms with Gasteiger partial charge in [-0.1, -0.05) is 18.2 Å². The molecule has 1 aromatic carbocycles. The summed E-state index contributed by atoms with van der Waals surface area (Å²) in [6.45, 7) is 10.1. The summed E-state index contributed by atoms with van der Waals surface area (Å²) >= 11 is 1.46. The first-order valence-corrected chi connectivity index (χ1v) is 10.8. The van der Waals surface area contributed by atoms with Crippen LogP contribution in [0, 0.1) is 13.8 Å². The summed E-state index contributed by atoms with van der Waals surface area (Å²) in [5, 5.41) is 0. The van der Waals surface area contributed by atoms with Crippen LogP contribution in [-0.4, -0.2) is 66.0 Å². The van der Waals surface area contributed by atoms with Crippen molar-refractivity contribution in [1.82, 2.24) is 14.8 Å². The molecule has 0 aliphatic carbocycles. The van der Waals surface area contributed by atoms with Crippen molar-refractivity contribution < 1.29 is 4.79 Å². The Kier molecular flexibility index (Phi) is 5.45. The molecule has 4 rings (SSSR count). The number of rotatable bonds is 3. The van der Waals surface area contributed by atoms with Crippen molar-refractivity contribution in [1.29, 1.82) is 0 Å². The monoisotopic (exact) mass is 384 g/mol. The molecule has 2 aliphatic heterocycles. The zero-order valence-corrected chi connectivity index (χ0v) is 17.0. The fourth-order valence-electron chi connectivity index (χ4n) is 4.33. The summed E-state index contributed by atoms with van der Waals surface area (Å²) < 4.78 is 0. The van der Waals surface area contributed by atoms with Crippen LogP contribution < -0.4 is 4.90 Å². The minimum atomic E-state index is 0.165. The second kappa shape index (κ2) is 7.98. The standard InChI is InChI=1S/C21H28N4OS/c1-16-6-3-4-8-19(16)24-12-10-23(11-13-24)18-7-5-9-25(14-18)21(26)20-17(2)22-15-27-20/h3-4,6,8,15,18H,5,7,9-14H2,1-2H3. The van der Waals surface area contributed by atoms with Gasteiger partial charge in [-0.25, -0.2) is 4.98 Å². The number of piperazine rings is 1. The van der Waals surface area contributed by atoms with Gasteiger partial charge in [-0.15, -0.1) is 11.3 Å². The number of piperidine rings is 1. The molecule has 3 heterocycles. The average Bonchev–Trinajstić information content (AvgIpc) is 3.14. The Balaban J connectivity index is 1.36. The number of aryl methyl sites for hydroxylation is 2. The second-order valence-electron chi connectivity index (χ2n) is 7.62. The highest BCUT2D eigenvalue weighted by Crippen LogP contribution is 2.25. The lowest BCUT2D eigenvalue weighted by atomic mass is 10.0. The molecule has 144 valence electrons. The fourth-order valence-corrected chi connectivity index (χ4v) is 5.10. The van der Waals surface area contributed by atoms with Crippen LogP contribution in [0.1, 0.15) is 33.8 Å². The van der Waals surface area contributed by atoms with E-state index in [-0.39, 0.29) is 5.91 Å². The molecule has 2 saturated heterocycles. The van der Waals surface area contributed by atoms with Gasteiger partial charge in [0, 0.05) is 51.0 Å². The number of hydrogen-bond acceptors (Lipinski definition) is 5. The molecule has 0 saturated carbocycles. The van der Waals surface area contributed by atoms with Crippen molar-refractivity contribution >= 4 is 22.9 Å². The molecule has 1 atom stereocenters. The molecule has 0 radical (unpaired) electrons. The van der Waals surface area contributed by atoms with E-state index in [1.807, 2.05) is 11.8 Å². The highest BCUT2D eigenvalue weighted by molar-refractivity contribution is 7.11. The Morgan fingerprint density at radius 2 is 1.89 bits per heavy atom. The third kappa shape index (κ3) is 3.87. The number of aromatic nitrogens is 1. The topological polar surface area (TPSA) is 39.7 Å². The first kappa shape index (κ1) is 18.4. The minimum Gasteiger partial charge on any atom is -0.369 e. The largest absolute Gasteiger partial charge is 0.369 e. The summed E-state index contributed by atoms with van der Waals surface area (Å²) in [7, 11) is 0. The van der Waals surface area contributed by atoms with E-state index in [4.69, 9.17) is 0 Å². The van der Waals surface area contributed by atoms with Gasteiger partial charge in [-0.05, 0) is 38.3 Å². The first-order valence-electron chi connectivity index (χ1n) is 9.87. The quantitative estimate of drug-likeness (QED) is 0.815. The maximum absolute atomic E-state index is 12.9. The van der Waals surface area contributed by atoms with Gasteiger partial charge in [0.15, 0.2) is 0 Å². The molecular formula is C21H28N4OS. The van der Waals surface area contributed by atoms with Gasteiger partial charge >= 0.3 is 0 Å². The Morgan fingerprint density at radius 1 is 1.11 bits per heavy atom. The van der Waals surface area contributed by atoms with Crippen LogP contribution in [0.25, 0.3) is 0 Å². The highest BCUT2D eigenvalue weighted by Gasteiger charge is 2.31. The molecule has 2 aromatic rings. The van der Waals surface area contributed by atoms with Crippen LogP contribution in [0.4, 0.5) is 5.69 Å². The lowest BCUT2D eigenvalue weighted by molar-refractivity contribution is 0.0567. The lowest BCUT2D eigenvalue weighted by Crippen LogP contribution is -2.56. The van der Waals surface area contributed by atoms with Crippen molar-refractivity contribution in [2.24, 2.45) is 0 Å². The number of thiazole rings is 1. The third-order valence-corrected chi connectivity index (χ3v) is 6.83. The Morgan fingerprint density at radius 3 is 2.59 bits per heavy atom. The normalized spacial score (nSPS) is 21.5. The van der Waals surface area contributed by atoms with Gasteiger partial charge in [0.25, 0.3) is 5.91 Å². The zero-order valence-electron chi connectivity index (χ0n) is 16.2. The molecule has 0 spiro atoms. The van der Waals surface area contributed by atoms with Crippen LogP contribution in [0.2, 0.25) is 0 Å². The molecule has 1 unspecified atom stereocenters. The fraction of sp³-hybridized carbons (Fsp3) is 0.524. The molecule has 2 fully saturated rings. The average molecular weight is 385 g/mol. The molecule has 0 bridgehead atoms. The molecule has 6 heteroatoms. The number of likely N-dealkylation sites (tertiary alicyclic amines) is 1. The van der Waals surface area contributed by atoms with E-state index >= 15 is 0 Å². The van der Waals surface area contributed by atoms with Crippen molar-refractivity contribution in [3.05, 3.63) is 45.9 Å². The number of nitrogens with zero attached hydrogens (tertiary/aromatic N) is 4. The summed E-state index contributed by atoms with van der Waals surface area (Å²) in [4.78, 5) is 25.0. The van der Waals surface area contributed by atoms with E-state index in [0.717, 1.165) is 56.3 Å². The number of benzene rings is 1. The Hall–Kier alpha value is -1.92. The number of anilines is 1. The van der Waals surface area contributed by atoms with Gasteiger partial charge in [-0.3, -0.25) is 9.69 Å². The van der Waals surface area contributed by atoms with Crippen molar-refractivity contribution in [2.75, 3.05) is 44.2 Å². The molecule has 2 aliphatic rings. The van der Waals surface area contributed by atoms with Gasteiger partial charge < -0.3 is 9.80 Å². The molecule has 1 amide bonds. The van der Waals surface area contributed by atoms with Crippen LogP contribution >= 0.6 is 11.3 Å². The van der Waals surface area contributed by atoms with E-state index in [1.165, 1.54) is 29.0 Å². The maximum atomic E-state index is 12.9. The summed E-state index contributed by atoms with van der Waals surface area (Å²) in [5.74, 6) is 0.165. The molecule has 27 heavy (non-hydrogen) atoms. The summed E-state index contributed by atoms with van der Waals surface area (Å²) in [6.07, 6.45) is 2.28. The van der Waals surface area contributed by atoms with E-state index in [1.54, 1.807) is 5.51 Å². The predicted octanol–water partition coefficient (Wildman–Crippen LogP) is 3.19. The van der Waals surface area contributed by atoms with Crippen molar-refractivity contribution in [2.45, 2.75) is 32.7 Å². The summed E-state index contributed by atoms with van der Waals surface area (Å²) in [5.41, 5.74) is 5.34. The van der Waals surface area contributed by atoms with Crippen LogP contribution in [0.3, 0.4) is 0 Å². The van der Waals surface area contributed by atoms with E-state index in [9.17, 15) is 4.79 Å². The van der Waals surface area contributed by atoms with E-state index in [0.29, 0.717) is 6.04 Å². The number of hydrogen-bond donors (Lipinski definition) is 0. The Bertz CT molecular complexity index is 797. The van der Waals surface area contributed by atoms with E-state index in [2.05, 4.69) is 46.0 Å². The number of amides is 1. The molecule has 1 aromatic heterocycles. The maximum Gasteiger partial charge on any atom is 0.265 e. The Labute approximate surface area is 165 Å². The lowest BCUT2D eigenvalue weighted by Gasteiger charge is -2.44. The van der Waals surface area contributed by atoms with E-state index < -0.39 is 0 Å². The molecule has 5 nitrogen and oxygen atoms in total. The molecule has 0 N–H and O–H groups in total.